The Morgan fingerprint density at radius 2 is 1.95 bits per heavy atom. The lowest BCUT2D eigenvalue weighted by molar-refractivity contribution is -0.137. The highest BCUT2D eigenvalue weighted by Gasteiger charge is 2.31. The van der Waals surface area contributed by atoms with Gasteiger partial charge < -0.3 is 5.32 Å². The van der Waals surface area contributed by atoms with Crippen molar-refractivity contribution in [2.24, 2.45) is 5.41 Å². The molecule has 0 aromatic heterocycles. The van der Waals surface area contributed by atoms with Crippen molar-refractivity contribution in [1.29, 1.82) is 0 Å². The second-order valence-electron chi connectivity index (χ2n) is 5.48. The second-order valence-corrected chi connectivity index (χ2v) is 6.71. The fourth-order valence-corrected chi connectivity index (χ4v) is 2.57. The van der Waals surface area contributed by atoms with Crippen molar-refractivity contribution in [2.45, 2.75) is 26.4 Å². The van der Waals surface area contributed by atoms with Gasteiger partial charge in [0, 0.05) is 16.9 Å². The largest absolute Gasteiger partial charge is 0.416 e. The van der Waals surface area contributed by atoms with Crippen molar-refractivity contribution in [3.05, 3.63) is 33.8 Å². The number of carbonyl (C=O) groups is 1. The first kappa shape index (κ1) is 18.3. The summed E-state index contributed by atoms with van der Waals surface area (Å²) in [6.45, 7) is 4.19. The Morgan fingerprint density at radius 1 is 1.33 bits per heavy atom. The van der Waals surface area contributed by atoms with E-state index in [1.165, 1.54) is 6.07 Å². The molecule has 0 saturated heterocycles. The molecule has 0 bridgehead atoms. The zero-order valence-electron chi connectivity index (χ0n) is 11.7. The highest BCUT2D eigenvalue weighted by atomic mass is 79.9. The van der Waals surface area contributed by atoms with Crippen LogP contribution in [0.2, 0.25) is 0 Å². The lowest BCUT2D eigenvalue weighted by Gasteiger charge is -2.24. The number of hydrogen-bond donors (Lipinski definition) is 1. The Bertz CT molecular complexity index is 517. The molecule has 118 valence electrons. The molecule has 7 heteroatoms. The number of nitrogens with one attached hydrogen (secondary N) is 1. The molecule has 1 aromatic rings. The highest BCUT2D eigenvalue weighted by molar-refractivity contribution is 9.10. The quantitative estimate of drug-likeness (QED) is 0.720. The fraction of sp³-hybridized carbons (Fsp3) is 0.500. The Kier molecular flexibility index (Phi) is 6.11. The third-order valence-electron chi connectivity index (χ3n) is 3.04. The maximum atomic E-state index is 12.7. The van der Waals surface area contributed by atoms with Gasteiger partial charge >= 0.3 is 6.18 Å². The summed E-state index contributed by atoms with van der Waals surface area (Å²) in [5.41, 5.74) is -1.10. The number of amides is 1. The van der Waals surface area contributed by atoms with Crippen LogP contribution in [0, 0.1) is 5.41 Å². The van der Waals surface area contributed by atoms with Gasteiger partial charge in [-0.25, -0.2) is 0 Å². The van der Waals surface area contributed by atoms with E-state index in [1.54, 1.807) is 0 Å². The molecule has 0 spiro atoms. The molecule has 1 N–H and O–H groups in total. The van der Waals surface area contributed by atoms with Gasteiger partial charge in [-0.3, -0.25) is 4.79 Å². The zero-order chi connectivity index (χ0) is 16.3. The van der Waals surface area contributed by atoms with Crippen LogP contribution in [-0.2, 0) is 6.18 Å². The third-order valence-corrected chi connectivity index (χ3v) is 3.92. The summed E-state index contributed by atoms with van der Waals surface area (Å²) in [4.78, 5) is 12.1. The third kappa shape index (κ3) is 5.51. The fourth-order valence-electron chi connectivity index (χ4n) is 1.63. The molecule has 0 unspecified atom stereocenters. The van der Waals surface area contributed by atoms with E-state index >= 15 is 0 Å². The van der Waals surface area contributed by atoms with Crippen molar-refractivity contribution >= 4 is 33.4 Å². The SMILES string of the molecule is CC(C)(CCCl)CNC(=O)c1cc(C(F)(F)F)ccc1Br. The summed E-state index contributed by atoms with van der Waals surface area (Å²) in [6, 6.07) is 2.99. The Labute approximate surface area is 135 Å². The van der Waals surface area contributed by atoms with Crippen LogP contribution in [0.5, 0.6) is 0 Å². The summed E-state index contributed by atoms with van der Waals surface area (Å²) in [6.07, 6.45) is -3.79. The summed E-state index contributed by atoms with van der Waals surface area (Å²) in [7, 11) is 0. The standard InChI is InChI=1S/C14H16BrClF3NO/c1-13(2,5-6-16)8-20-12(21)10-7-9(14(17,18)19)3-4-11(10)15/h3-4,7H,5-6,8H2,1-2H3,(H,20,21). The molecule has 0 aliphatic heterocycles. The van der Waals surface area contributed by atoms with Gasteiger partial charge in [-0.05, 0) is 46.0 Å². The Hall–Kier alpha value is -0.750. The van der Waals surface area contributed by atoms with Crippen molar-refractivity contribution in [1.82, 2.24) is 5.32 Å². The average Bonchev–Trinajstić information content (AvgIpc) is 2.35. The summed E-state index contributed by atoms with van der Waals surface area (Å²) in [5.74, 6) is -0.0912. The van der Waals surface area contributed by atoms with E-state index < -0.39 is 17.6 Å². The molecule has 0 radical (unpaired) electrons. The van der Waals surface area contributed by atoms with Crippen molar-refractivity contribution in [3.8, 4) is 0 Å². The normalized spacial score (nSPS) is 12.3. The molecule has 21 heavy (non-hydrogen) atoms. The number of rotatable bonds is 5. The summed E-state index contributed by atoms with van der Waals surface area (Å²) < 4.78 is 38.4. The van der Waals surface area contributed by atoms with Crippen LogP contribution < -0.4 is 5.32 Å². The van der Waals surface area contributed by atoms with Gasteiger partial charge in [-0.1, -0.05) is 13.8 Å². The molecular weight excluding hydrogens is 371 g/mol. The Morgan fingerprint density at radius 3 is 2.48 bits per heavy atom. The Balaban J connectivity index is 2.88. The van der Waals surface area contributed by atoms with E-state index in [-0.39, 0.29) is 11.0 Å². The van der Waals surface area contributed by atoms with Gasteiger partial charge in [0.25, 0.3) is 5.91 Å². The predicted octanol–water partition coefficient (Wildman–Crippen LogP) is 4.85. The van der Waals surface area contributed by atoms with Crippen LogP contribution in [0.15, 0.2) is 22.7 Å². The molecule has 0 fully saturated rings. The van der Waals surface area contributed by atoms with Gasteiger partial charge in [-0.2, -0.15) is 13.2 Å². The van der Waals surface area contributed by atoms with Crippen LogP contribution >= 0.6 is 27.5 Å². The lowest BCUT2D eigenvalue weighted by Crippen LogP contribution is -2.34. The molecule has 0 saturated carbocycles. The van der Waals surface area contributed by atoms with Gasteiger partial charge in [-0.15, -0.1) is 11.6 Å². The molecule has 0 aliphatic carbocycles. The number of carbonyl (C=O) groups excluding carboxylic acids is 1. The predicted molar refractivity (Wildman–Crippen MR) is 80.6 cm³/mol. The van der Waals surface area contributed by atoms with Gasteiger partial charge in [0.15, 0.2) is 0 Å². The van der Waals surface area contributed by atoms with E-state index in [0.717, 1.165) is 12.1 Å². The molecule has 2 nitrogen and oxygen atoms in total. The first-order chi connectivity index (χ1) is 9.57. The number of alkyl halides is 4. The first-order valence-electron chi connectivity index (χ1n) is 6.28. The monoisotopic (exact) mass is 385 g/mol. The van der Waals surface area contributed by atoms with Crippen molar-refractivity contribution < 1.29 is 18.0 Å². The van der Waals surface area contributed by atoms with E-state index in [4.69, 9.17) is 11.6 Å². The van der Waals surface area contributed by atoms with E-state index in [9.17, 15) is 18.0 Å². The summed E-state index contributed by atoms with van der Waals surface area (Å²) >= 11 is 8.77. The minimum absolute atomic E-state index is 0.0356. The molecule has 0 aliphatic rings. The maximum Gasteiger partial charge on any atom is 0.416 e. The van der Waals surface area contributed by atoms with Crippen LogP contribution in [0.4, 0.5) is 13.2 Å². The molecule has 1 amide bonds. The number of hydrogen-bond acceptors (Lipinski definition) is 1. The molecule has 1 aromatic carbocycles. The van der Waals surface area contributed by atoms with Gasteiger partial charge in [0.05, 0.1) is 11.1 Å². The van der Waals surface area contributed by atoms with Crippen LogP contribution in [0.1, 0.15) is 36.2 Å². The lowest BCUT2D eigenvalue weighted by atomic mass is 9.90. The molecule has 0 heterocycles. The van der Waals surface area contributed by atoms with Crippen molar-refractivity contribution in [2.75, 3.05) is 12.4 Å². The van der Waals surface area contributed by atoms with Crippen LogP contribution in [0.3, 0.4) is 0 Å². The first-order valence-corrected chi connectivity index (χ1v) is 7.60. The zero-order valence-corrected chi connectivity index (χ0v) is 14.0. The van der Waals surface area contributed by atoms with Crippen molar-refractivity contribution in [3.63, 3.8) is 0 Å². The van der Waals surface area contributed by atoms with Gasteiger partial charge in [0.2, 0.25) is 0 Å². The van der Waals surface area contributed by atoms with E-state index in [1.807, 2.05) is 13.8 Å². The van der Waals surface area contributed by atoms with Crippen LogP contribution in [0.25, 0.3) is 0 Å². The van der Waals surface area contributed by atoms with Crippen LogP contribution in [-0.4, -0.2) is 18.3 Å². The van der Waals surface area contributed by atoms with E-state index in [2.05, 4.69) is 21.2 Å². The number of halogens is 5. The average molecular weight is 387 g/mol. The van der Waals surface area contributed by atoms with Gasteiger partial charge in [0.1, 0.15) is 0 Å². The molecule has 0 atom stereocenters. The van der Waals surface area contributed by atoms with E-state index in [0.29, 0.717) is 23.3 Å². The smallest absolute Gasteiger partial charge is 0.351 e. The molecular formula is C14H16BrClF3NO. The minimum atomic E-state index is -4.48. The topological polar surface area (TPSA) is 29.1 Å². The molecule has 1 rings (SSSR count). The highest BCUT2D eigenvalue weighted by Crippen LogP contribution is 2.32. The summed E-state index contributed by atoms with van der Waals surface area (Å²) in [5, 5.41) is 2.65. The maximum absolute atomic E-state index is 12.7. The second kappa shape index (κ2) is 7.01. The minimum Gasteiger partial charge on any atom is -0.351 e. The number of benzene rings is 1.